The first-order chi connectivity index (χ1) is 14.1. The Morgan fingerprint density at radius 3 is 2.76 bits per heavy atom. The van der Waals surface area contributed by atoms with Crippen LogP contribution in [-0.2, 0) is 11.3 Å². The summed E-state index contributed by atoms with van der Waals surface area (Å²) >= 11 is 0. The Morgan fingerprint density at radius 2 is 1.93 bits per heavy atom. The number of likely N-dealkylation sites (tertiary alicyclic amines) is 1. The van der Waals surface area contributed by atoms with E-state index in [1.165, 1.54) is 10.9 Å². The molecule has 6 nitrogen and oxygen atoms in total. The van der Waals surface area contributed by atoms with Crippen molar-refractivity contribution in [2.45, 2.75) is 39.2 Å². The monoisotopic (exact) mass is 389 g/mol. The van der Waals surface area contributed by atoms with Crippen molar-refractivity contribution >= 4 is 22.6 Å². The summed E-state index contributed by atoms with van der Waals surface area (Å²) in [5, 5.41) is 1.22. The van der Waals surface area contributed by atoms with E-state index >= 15 is 0 Å². The van der Waals surface area contributed by atoms with Crippen LogP contribution in [0.5, 0.6) is 0 Å². The fraction of sp³-hybridized carbons (Fsp3) is 0.435. The second kappa shape index (κ2) is 7.17. The molecule has 1 aromatic carbocycles. The number of para-hydroxylation sites is 1. The minimum absolute atomic E-state index is 0.210. The Balaban J connectivity index is 1.31. The molecule has 4 heterocycles. The number of benzene rings is 1. The van der Waals surface area contributed by atoms with Crippen LogP contribution < -0.4 is 4.90 Å². The lowest BCUT2D eigenvalue weighted by atomic mass is 9.71. The van der Waals surface area contributed by atoms with Crippen molar-refractivity contribution in [3.05, 3.63) is 54.1 Å². The molecule has 1 N–H and O–H groups in total. The van der Waals surface area contributed by atoms with Crippen molar-refractivity contribution in [3.8, 4) is 0 Å². The number of fused-ring (bicyclic) bond motifs is 1. The molecule has 150 valence electrons. The number of hydrogen-bond donors (Lipinski definition) is 1. The van der Waals surface area contributed by atoms with Crippen molar-refractivity contribution in [2.24, 2.45) is 5.41 Å². The fourth-order valence-corrected chi connectivity index (χ4v) is 5.00. The molecule has 2 aliphatic heterocycles. The van der Waals surface area contributed by atoms with E-state index in [0.717, 1.165) is 62.3 Å². The number of amides is 1. The molecule has 0 atom stereocenters. The van der Waals surface area contributed by atoms with Crippen LogP contribution in [0.25, 0.3) is 10.9 Å². The van der Waals surface area contributed by atoms with Gasteiger partial charge in [-0.1, -0.05) is 18.2 Å². The number of hydrogen-bond acceptors (Lipinski definition) is 4. The van der Waals surface area contributed by atoms with Crippen LogP contribution in [0.3, 0.4) is 0 Å². The van der Waals surface area contributed by atoms with Crippen LogP contribution in [0, 0.1) is 12.3 Å². The molecule has 3 aromatic rings. The lowest BCUT2D eigenvalue weighted by molar-refractivity contribution is -0.148. The van der Waals surface area contributed by atoms with Gasteiger partial charge in [-0.05, 0) is 44.2 Å². The molecule has 1 spiro atoms. The standard InChI is InChI=1S/C23H27N5O/c1-17-13-24-15-21(26-17)27-11-8-23(9-12-27)7-4-10-28(22(23)29)16-18-14-25-20-6-3-2-5-19(18)20/h2-3,5-6,13-15,25H,4,7-12,16H2,1H3. The van der Waals surface area contributed by atoms with Crippen LogP contribution in [0.4, 0.5) is 5.82 Å². The van der Waals surface area contributed by atoms with Gasteiger partial charge in [0.05, 0.1) is 17.3 Å². The maximum atomic E-state index is 13.5. The first-order valence-corrected chi connectivity index (χ1v) is 10.5. The number of piperidine rings is 2. The zero-order valence-electron chi connectivity index (χ0n) is 16.9. The van der Waals surface area contributed by atoms with E-state index in [0.29, 0.717) is 12.5 Å². The van der Waals surface area contributed by atoms with Crippen LogP contribution in [0.15, 0.2) is 42.9 Å². The molecule has 0 unspecified atom stereocenters. The second-order valence-corrected chi connectivity index (χ2v) is 8.48. The van der Waals surface area contributed by atoms with Crippen molar-refractivity contribution in [1.29, 1.82) is 0 Å². The average Bonchev–Trinajstić information content (AvgIpc) is 3.15. The van der Waals surface area contributed by atoms with Crippen LogP contribution >= 0.6 is 0 Å². The number of carbonyl (C=O) groups is 1. The predicted octanol–water partition coefficient (Wildman–Crippen LogP) is 3.68. The van der Waals surface area contributed by atoms with Gasteiger partial charge in [0.1, 0.15) is 5.82 Å². The molecule has 2 aromatic heterocycles. The first kappa shape index (κ1) is 18.2. The first-order valence-electron chi connectivity index (χ1n) is 10.5. The molecule has 6 heteroatoms. The van der Waals surface area contributed by atoms with E-state index in [9.17, 15) is 4.79 Å². The number of rotatable bonds is 3. The highest BCUT2D eigenvalue weighted by Gasteiger charge is 2.45. The molecular formula is C23H27N5O. The fourth-order valence-electron chi connectivity index (χ4n) is 5.00. The van der Waals surface area contributed by atoms with Gasteiger partial charge in [-0.25, -0.2) is 4.98 Å². The SMILES string of the molecule is Cc1cncc(N2CCC3(CCCN(Cc4c[nH]c5ccccc45)C3=O)CC2)n1. The van der Waals surface area contributed by atoms with Gasteiger partial charge < -0.3 is 14.8 Å². The minimum atomic E-state index is -0.210. The molecule has 2 aliphatic rings. The maximum absolute atomic E-state index is 13.5. The smallest absolute Gasteiger partial charge is 0.229 e. The second-order valence-electron chi connectivity index (χ2n) is 8.48. The van der Waals surface area contributed by atoms with Crippen LogP contribution in [0.1, 0.15) is 36.9 Å². The highest BCUT2D eigenvalue weighted by Crippen LogP contribution is 2.42. The zero-order chi connectivity index (χ0) is 19.8. The van der Waals surface area contributed by atoms with Crippen molar-refractivity contribution in [2.75, 3.05) is 24.5 Å². The molecule has 1 amide bonds. The molecule has 5 rings (SSSR count). The lowest BCUT2D eigenvalue weighted by Crippen LogP contribution is -2.53. The largest absolute Gasteiger partial charge is 0.361 e. The summed E-state index contributed by atoms with van der Waals surface area (Å²) in [6.45, 7) is 5.25. The van der Waals surface area contributed by atoms with Gasteiger partial charge in [0.25, 0.3) is 0 Å². The van der Waals surface area contributed by atoms with Gasteiger partial charge in [-0.2, -0.15) is 0 Å². The highest BCUT2D eigenvalue weighted by molar-refractivity contribution is 5.86. The van der Waals surface area contributed by atoms with E-state index in [4.69, 9.17) is 0 Å². The Bertz CT molecular complexity index is 1030. The molecule has 2 saturated heterocycles. The Morgan fingerprint density at radius 1 is 1.10 bits per heavy atom. The number of anilines is 1. The van der Waals surface area contributed by atoms with E-state index in [2.05, 4.69) is 49.1 Å². The summed E-state index contributed by atoms with van der Waals surface area (Å²) in [6, 6.07) is 8.31. The number of nitrogens with zero attached hydrogens (tertiary/aromatic N) is 4. The number of carbonyl (C=O) groups excluding carboxylic acids is 1. The predicted molar refractivity (Wildman–Crippen MR) is 114 cm³/mol. The molecule has 0 bridgehead atoms. The topological polar surface area (TPSA) is 65.1 Å². The molecule has 0 radical (unpaired) electrons. The third-order valence-electron chi connectivity index (χ3n) is 6.65. The van der Waals surface area contributed by atoms with E-state index in [-0.39, 0.29) is 5.41 Å². The summed E-state index contributed by atoms with van der Waals surface area (Å²) in [5.74, 6) is 1.27. The number of aryl methyl sites for hydroxylation is 1. The van der Waals surface area contributed by atoms with Gasteiger partial charge in [-0.3, -0.25) is 9.78 Å². The average molecular weight is 390 g/mol. The molecule has 0 saturated carbocycles. The van der Waals surface area contributed by atoms with Crippen molar-refractivity contribution < 1.29 is 4.79 Å². The summed E-state index contributed by atoms with van der Waals surface area (Å²) in [5.41, 5.74) is 3.06. The highest BCUT2D eigenvalue weighted by atomic mass is 16.2. The Hall–Kier alpha value is -2.89. The number of aromatic nitrogens is 3. The summed E-state index contributed by atoms with van der Waals surface area (Å²) in [7, 11) is 0. The van der Waals surface area contributed by atoms with Gasteiger partial charge in [0, 0.05) is 49.5 Å². The molecule has 29 heavy (non-hydrogen) atoms. The normalized spacial score (nSPS) is 19.3. The van der Waals surface area contributed by atoms with E-state index in [1.807, 2.05) is 19.2 Å². The van der Waals surface area contributed by atoms with Crippen molar-refractivity contribution in [3.63, 3.8) is 0 Å². The van der Waals surface area contributed by atoms with Gasteiger partial charge >= 0.3 is 0 Å². The van der Waals surface area contributed by atoms with E-state index in [1.54, 1.807) is 6.20 Å². The zero-order valence-corrected chi connectivity index (χ0v) is 16.9. The Labute approximate surface area is 171 Å². The summed E-state index contributed by atoms with van der Waals surface area (Å²) in [4.78, 5) is 30.1. The van der Waals surface area contributed by atoms with E-state index < -0.39 is 0 Å². The third kappa shape index (κ3) is 3.26. The maximum Gasteiger partial charge on any atom is 0.229 e. The molecular weight excluding hydrogens is 362 g/mol. The third-order valence-corrected chi connectivity index (χ3v) is 6.65. The number of nitrogens with one attached hydrogen (secondary N) is 1. The van der Waals surface area contributed by atoms with Gasteiger partial charge in [0.15, 0.2) is 0 Å². The van der Waals surface area contributed by atoms with Crippen molar-refractivity contribution in [1.82, 2.24) is 19.9 Å². The van der Waals surface area contributed by atoms with Gasteiger partial charge in [0.2, 0.25) is 5.91 Å². The van der Waals surface area contributed by atoms with Crippen LogP contribution in [0.2, 0.25) is 0 Å². The summed E-state index contributed by atoms with van der Waals surface area (Å²) < 4.78 is 0. The van der Waals surface area contributed by atoms with Crippen LogP contribution in [-0.4, -0.2) is 45.4 Å². The lowest BCUT2D eigenvalue weighted by Gasteiger charge is -2.46. The Kier molecular flexibility index (Phi) is 4.49. The number of aromatic amines is 1. The quantitative estimate of drug-likeness (QED) is 0.742. The molecule has 2 fully saturated rings. The number of H-pyrrole nitrogens is 1. The molecule has 0 aliphatic carbocycles. The van der Waals surface area contributed by atoms with Gasteiger partial charge in [-0.15, -0.1) is 0 Å². The summed E-state index contributed by atoms with van der Waals surface area (Å²) in [6.07, 6.45) is 9.54. The minimum Gasteiger partial charge on any atom is -0.361 e.